The Morgan fingerprint density at radius 2 is 2.37 bits per heavy atom. The van der Waals surface area contributed by atoms with E-state index in [0.717, 1.165) is 18.6 Å². The highest BCUT2D eigenvalue weighted by atomic mass is 16.6. The van der Waals surface area contributed by atoms with Crippen molar-refractivity contribution in [1.82, 2.24) is 5.32 Å². The maximum Gasteiger partial charge on any atom is 0.166 e. The average molecular weight is 267 g/mol. The van der Waals surface area contributed by atoms with Crippen LogP contribution in [0.2, 0.25) is 0 Å². The lowest BCUT2D eigenvalue weighted by atomic mass is 10.1. The Hall–Kier alpha value is -1.30. The first-order valence-corrected chi connectivity index (χ1v) is 6.50. The zero-order valence-corrected chi connectivity index (χ0v) is 11.4. The molecule has 0 spiro atoms. The lowest BCUT2D eigenvalue weighted by molar-refractivity contribution is 0.136. The summed E-state index contributed by atoms with van der Waals surface area (Å²) in [5.41, 5.74) is 0.730. The van der Waals surface area contributed by atoms with Crippen LogP contribution in [0.5, 0.6) is 11.5 Å². The third kappa shape index (κ3) is 3.37. The van der Waals surface area contributed by atoms with Gasteiger partial charge in [-0.2, -0.15) is 0 Å². The molecule has 0 radical (unpaired) electrons. The van der Waals surface area contributed by atoms with Crippen molar-refractivity contribution in [3.63, 3.8) is 0 Å². The van der Waals surface area contributed by atoms with Crippen LogP contribution in [-0.2, 0) is 4.74 Å². The summed E-state index contributed by atoms with van der Waals surface area (Å²) < 4.78 is 16.6. The van der Waals surface area contributed by atoms with E-state index in [2.05, 4.69) is 5.32 Å². The fourth-order valence-corrected chi connectivity index (χ4v) is 2.20. The number of hydrogen-bond acceptors (Lipinski definition) is 5. The van der Waals surface area contributed by atoms with E-state index in [0.29, 0.717) is 24.7 Å². The lowest BCUT2D eigenvalue weighted by Crippen LogP contribution is -2.19. The van der Waals surface area contributed by atoms with Gasteiger partial charge < -0.3 is 24.6 Å². The number of aliphatic hydroxyl groups is 1. The predicted octanol–water partition coefficient (Wildman–Crippen LogP) is 1.12. The van der Waals surface area contributed by atoms with E-state index in [4.69, 9.17) is 14.2 Å². The first kappa shape index (κ1) is 14.1. The van der Waals surface area contributed by atoms with E-state index in [1.165, 1.54) is 0 Å². The second-order valence-corrected chi connectivity index (χ2v) is 4.56. The molecule has 1 aliphatic heterocycles. The monoisotopic (exact) mass is 267 g/mol. The van der Waals surface area contributed by atoms with E-state index in [-0.39, 0.29) is 6.10 Å². The minimum atomic E-state index is -0.622. The van der Waals surface area contributed by atoms with E-state index in [9.17, 15) is 5.11 Å². The number of rotatable bonds is 6. The highest BCUT2D eigenvalue weighted by molar-refractivity contribution is 5.48. The summed E-state index contributed by atoms with van der Waals surface area (Å²) in [5.74, 6) is 1.25. The summed E-state index contributed by atoms with van der Waals surface area (Å²) in [7, 11) is 3.38. The summed E-state index contributed by atoms with van der Waals surface area (Å²) in [6, 6.07) is 5.56. The van der Waals surface area contributed by atoms with Crippen LogP contribution in [0.15, 0.2) is 18.2 Å². The summed E-state index contributed by atoms with van der Waals surface area (Å²) in [6.07, 6.45) is 0.320. The van der Waals surface area contributed by atoms with Crippen molar-refractivity contribution >= 4 is 0 Å². The number of hydrogen-bond donors (Lipinski definition) is 2. The zero-order chi connectivity index (χ0) is 13.7. The van der Waals surface area contributed by atoms with Crippen LogP contribution in [0.4, 0.5) is 0 Å². The fourth-order valence-electron chi connectivity index (χ4n) is 2.20. The molecule has 1 aliphatic rings. The van der Waals surface area contributed by atoms with E-state index in [1.807, 2.05) is 18.2 Å². The molecule has 2 rings (SSSR count). The molecule has 0 bridgehead atoms. The van der Waals surface area contributed by atoms with Crippen molar-refractivity contribution in [1.29, 1.82) is 0 Å². The first-order chi connectivity index (χ1) is 9.26. The Kier molecular flexibility index (Phi) is 5.01. The largest absolute Gasteiger partial charge is 0.492 e. The molecule has 2 atom stereocenters. The Bertz CT molecular complexity index is 404. The second kappa shape index (κ2) is 6.75. The van der Waals surface area contributed by atoms with Gasteiger partial charge in [-0.15, -0.1) is 0 Å². The summed E-state index contributed by atoms with van der Waals surface area (Å²) >= 11 is 0. The molecule has 19 heavy (non-hydrogen) atoms. The van der Waals surface area contributed by atoms with Crippen molar-refractivity contribution in [3.8, 4) is 11.5 Å². The molecule has 2 unspecified atom stereocenters. The number of ether oxygens (including phenoxy) is 3. The summed E-state index contributed by atoms with van der Waals surface area (Å²) in [5, 5.41) is 13.0. The Labute approximate surface area is 113 Å². The van der Waals surface area contributed by atoms with Crippen molar-refractivity contribution < 1.29 is 19.3 Å². The normalized spacial score (nSPS) is 20.3. The molecule has 0 amide bonds. The number of nitrogens with one attached hydrogen (secondary N) is 1. The zero-order valence-electron chi connectivity index (χ0n) is 11.4. The van der Waals surface area contributed by atoms with E-state index < -0.39 is 6.10 Å². The molecular weight excluding hydrogens is 246 g/mol. The van der Waals surface area contributed by atoms with Gasteiger partial charge in [-0.1, -0.05) is 12.1 Å². The molecule has 0 saturated carbocycles. The first-order valence-electron chi connectivity index (χ1n) is 6.50. The molecule has 1 aromatic carbocycles. The summed E-state index contributed by atoms with van der Waals surface area (Å²) in [6.45, 7) is 1.80. The van der Waals surface area contributed by atoms with Crippen LogP contribution in [0.1, 0.15) is 18.1 Å². The molecule has 1 fully saturated rings. The standard InChI is InChI=1S/C14H21NO4/c1-15-8-12(16)11-4-3-5-13(14(11)17-2)19-10-6-7-18-9-10/h3-5,10,12,15-16H,6-9H2,1-2H3. The Balaban J connectivity index is 2.20. The quantitative estimate of drug-likeness (QED) is 0.808. The molecule has 5 nitrogen and oxygen atoms in total. The molecule has 0 aromatic heterocycles. The predicted molar refractivity (Wildman–Crippen MR) is 71.7 cm³/mol. The highest BCUT2D eigenvalue weighted by Crippen LogP contribution is 2.35. The van der Waals surface area contributed by atoms with Gasteiger partial charge in [-0.05, 0) is 13.1 Å². The van der Waals surface area contributed by atoms with Crippen LogP contribution < -0.4 is 14.8 Å². The van der Waals surface area contributed by atoms with Crippen LogP contribution >= 0.6 is 0 Å². The third-order valence-electron chi connectivity index (χ3n) is 3.15. The minimum absolute atomic E-state index is 0.0607. The maximum atomic E-state index is 10.1. The van der Waals surface area contributed by atoms with Crippen LogP contribution in [0.3, 0.4) is 0 Å². The van der Waals surface area contributed by atoms with Crippen LogP contribution in [0, 0.1) is 0 Å². The van der Waals surface area contributed by atoms with Gasteiger partial charge in [0.1, 0.15) is 6.10 Å². The topological polar surface area (TPSA) is 60.0 Å². The number of aliphatic hydroxyl groups excluding tert-OH is 1. The number of para-hydroxylation sites is 1. The van der Waals surface area contributed by atoms with Gasteiger partial charge in [-0.3, -0.25) is 0 Å². The molecule has 0 aliphatic carbocycles. The Morgan fingerprint density at radius 3 is 3.00 bits per heavy atom. The van der Waals surface area contributed by atoms with Crippen LogP contribution in [0.25, 0.3) is 0 Å². The van der Waals surface area contributed by atoms with Gasteiger partial charge >= 0.3 is 0 Å². The number of benzene rings is 1. The van der Waals surface area contributed by atoms with E-state index in [1.54, 1.807) is 14.2 Å². The molecule has 1 aromatic rings. The van der Waals surface area contributed by atoms with Gasteiger partial charge in [0.15, 0.2) is 11.5 Å². The van der Waals surface area contributed by atoms with Gasteiger partial charge in [0.2, 0.25) is 0 Å². The maximum absolute atomic E-state index is 10.1. The van der Waals surface area contributed by atoms with Crippen molar-refractivity contribution in [3.05, 3.63) is 23.8 Å². The second-order valence-electron chi connectivity index (χ2n) is 4.56. The smallest absolute Gasteiger partial charge is 0.166 e. The van der Waals surface area contributed by atoms with Crippen LogP contribution in [-0.4, -0.2) is 45.1 Å². The Morgan fingerprint density at radius 1 is 1.53 bits per heavy atom. The number of likely N-dealkylation sites (N-methyl/N-ethyl adjacent to an activating group) is 1. The SMILES string of the molecule is CNCC(O)c1cccc(OC2CCOC2)c1OC. The molecule has 1 heterocycles. The number of methoxy groups -OCH3 is 1. The minimum Gasteiger partial charge on any atom is -0.492 e. The van der Waals surface area contributed by atoms with Gasteiger partial charge in [0.05, 0.1) is 26.4 Å². The molecule has 2 N–H and O–H groups in total. The van der Waals surface area contributed by atoms with Crippen molar-refractivity contribution in [2.24, 2.45) is 0 Å². The average Bonchev–Trinajstić information content (AvgIpc) is 2.91. The van der Waals surface area contributed by atoms with E-state index >= 15 is 0 Å². The molecule has 5 heteroatoms. The van der Waals surface area contributed by atoms with Gasteiger partial charge in [0.25, 0.3) is 0 Å². The molecular formula is C14H21NO4. The third-order valence-corrected chi connectivity index (χ3v) is 3.15. The fraction of sp³-hybridized carbons (Fsp3) is 0.571. The molecule has 1 saturated heterocycles. The van der Waals surface area contributed by atoms with Gasteiger partial charge in [-0.25, -0.2) is 0 Å². The summed E-state index contributed by atoms with van der Waals surface area (Å²) in [4.78, 5) is 0. The van der Waals surface area contributed by atoms with Crippen molar-refractivity contribution in [2.75, 3.05) is 33.9 Å². The lowest BCUT2D eigenvalue weighted by Gasteiger charge is -2.19. The highest BCUT2D eigenvalue weighted by Gasteiger charge is 2.22. The van der Waals surface area contributed by atoms with Crippen molar-refractivity contribution in [2.45, 2.75) is 18.6 Å². The molecule has 106 valence electrons. The van der Waals surface area contributed by atoms with Gasteiger partial charge in [0, 0.05) is 18.5 Å².